The quantitative estimate of drug-likeness (QED) is 0.221. The highest BCUT2D eigenvalue weighted by Gasteiger charge is 2.36. The lowest BCUT2D eigenvalue weighted by molar-refractivity contribution is -0.535. The van der Waals surface area contributed by atoms with Gasteiger partial charge in [-0.25, -0.2) is 8.42 Å². The van der Waals surface area contributed by atoms with Crippen LogP contribution in [0.2, 0.25) is 0 Å². The topological polar surface area (TPSA) is 57.2 Å². The molecule has 0 unspecified atom stereocenters. The SMILES string of the molecule is IC#C[I+]c1ccccc1.O=S(=O)([O-])C(F)(F)F. The van der Waals surface area contributed by atoms with Crippen LogP contribution in [0.4, 0.5) is 13.2 Å². The van der Waals surface area contributed by atoms with Crippen molar-refractivity contribution in [3.8, 4) is 7.85 Å². The van der Waals surface area contributed by atoms with Gasteiger partial charge in [-0.1, -0.05) is 18.2 Å². The summed E-state index contributed by atoms with van der Waals surface area (Å²) in [5.74, 6) is 0. The van der Waals surface area contributed by atoms with Crippen LogP contribution < -0.4 is 21.2 Å². The summed E-state index contributed by atoms with van der Waals surface area (Å²) in [5, 5.41) is 0. The van der Waals surface area contributed by atoms with E-state index in [9.17, 15) is 13.2 Å². The maximum Gasteiger partial charge on any atom is 0.485 e. The fourth-order valence-corrected chi connectivity index (χ4v) is 2.42. The summed E-state index contributed by atoms with van der Waals surface area (Å²) >= 11 is 2.04. The van der Waals surface area contributed by atoms with E-state index in [1.54, 1.807) is 0 Å². The van der Waals surface area contributed by atoms with Gasteiger partial charge in [0.25, 0.3) is 0 Å². The van der Waals surface area contributed by atoms with Gasteiger partial charge in [-0.3, -0.25) is 0 Å². The van der Waals surface area contributed by atoms with E-state index in [4.69, 9.17) is 13.0 Å². The first-order valence-electron chi connectivity index (χ1n) is 4.00. The molecule has 0 aliphatic carbocycles. The molecular formula is C9H5F3I2O3S. The third kappa shape index (κ3) is 8.11. The molecule has 3 nitrogen and oxygen atoms in total. The average molecular weight is 504 g/mol. The molecule has 0 saturated heterocycles. The zero-order valence-electron chi connectivity index (χ0n) is 8.41. The van der Waals surface area contributed by atoms with E-state index in [1.807, 2.05) is 6.07 Å². The van der Waals surface area contributed by atoms with Gasteiger partial charge in [0.1, 0.15) is 0 Å². The van der Waals surface area contributed by atoms with Gasteiger partial charge >= 0.3 is 26.7 Å². The van der Waals surface area contributed by atoms with Crippen molar-refractivity contribution in [1.29, 1.82) is 0 Å². The predicted octanol–water partition coefficient (Wildman–Crippen LogP) is -0.650. The summed E-state index contributed by atoms with van der Waals surface area (Å²) in [4.78, 5) is 0. The Morgan fingerprint density at radius 2 is 1.67 bits per heavy atom. The highest BCUT2D eigenvalue weighted by atomic mass is 127. The van der Waals surface area contributed by atoms with Gasteiger partial charge in [0, 0.05) is 26.5 Å². The second-order valence-electron chi connectivity index (χ2n) is 2.48. The van der Waals surface area contributed by atoms with E-state index in [0.717, 1.165) is 0 Å². The summed E-state index contributed by atoms with van der Waals surface area (Å²) in [6.07, 6.45) is 0. The molecular weight excluding hydrogens is 499 g/mol. The Morgan fingerprint density at radius 3 is 2.00 bits per heavy atom. The average Bonchev–Trinajstić information content (AvgIpc) is 2.26. The Hall–Kier alpha value is -0.0600. The van der Waals surface area contributed by atoms with E-state index >= 15 is 0 Å². The van der Waals surface area contributed by atoms with Gasteiger partial charge in [-0.2, -0.15) is 13.2 Å². The van der Waals surface area contributed by atoms with Crippen LogP contribution in [0.25, 0.3) is 0 Å². The Kier molecular flexibility index (Phi) is 8.15. The smallest absolute Gasteiger partial charge is 0.485 e. The molecule has 9 heteroatoms. The van der Waals surface area contributed by atoms with Crippen molar-refractivity contribution in [2.75, 3.05) is 0 Å². The minimum absolute atomic E-state index is 0.0419. The molecule has 0 spiro atoms. The Labute approximate surface area is 126 Å². The highest BCUT2D eigenvalue weighted by molar-refractivity contribution is 14.1. The zero-order valence-corrected chi connectivity index (χ0v) is 13.5. The van der Waals surface area contributed by atoms with Gasteiger partial charge in [-0.05, 0) is 12.1 Å². The molecule has 0 fully saturated rings. The van der Waals surface area contributed by atoms with Crippen molar-refractivity contribution in [3.63, 3.8) is 0 Å². The Bertz CT molecular complexity index is 517. The van der Waals surface area contributed by atoms with Crippen molar-refractivity contribution in [2.24, 2.45) is 0 Å². The fourth-order valence-electron chi connectivity index (χ4n) is 0.550. The first kappa shape index (κ1) is 17.9. The van der Waals surface area contributed by atoms with Crippen LogP contribution in [0.15, 0.2) is 30.3 Å². The molecule has 0 atom stereocenters. The molecule has 1 rings (SSSR count). The summed E-state index contributed by atoms with van der Waals surface area (Å²) in [6.45, 7) is 0. The molecule has 0 aliphatic heterocycles. The molecule has 0 aromatic heterocycles. The number of hydrogen-bond donors (Lipinski definition) is 0. The summed E-state index contributed by atoms with van der Waals surface area (Å²) in [7, 11) is -6.09. The molecule has 0 radical (unpaired) electrons. The molecule has 0 saturated carbocycles. The van der Waals surface area contributed by atoms with E-state index in [2.05, 4.69) is 54.7 Å². The summed E-state index contributed by atoms with van der Waals surface area (Å²) in [6, 6.07) is 10.4. The van der Waals surface area contributed by atoms with Gasteiger partial charge in [0.15, 0.2) is 14.0 Å². The minimum atomic E-state index is -6.09. The lowest BCUT2D eigenvalue weighted by Crippen LogP contribution is -3.59. The van der Waals surface area contributed by atoms with E-state index in [1.165, 1.54) is 3.57 Å². The third-order valence-electron chi connectivity index (χ3n) is 1.21. The fraction of sp³-hybridized carbons (Fsp3) is 0.111. The van der Waals surface area contributed by atoms with Crippen LogP contribution in [0, 0.1) is 11.4 Å². The van der Waals surface area contributed by atoms with Crippen molar-refractivity contribution in [3.05, 3.63) is 33.9 Å². The first-order chi connectivity index (χ1) is 8.18. The van der Waals surface area contributed by atoms with Crippen LogP contribution >= 0.6 is 22.6 Å². The highest BCUT2D eigenvalue weighted by Crippen LogP contribution is 2.20. The first-order valence-corrected chi connectivity index (χ1v) is 8.64. The van der Waals surface area contributed by atoms with E-state index in [-0.39, 0.29) is 21.2 Å². The predicted molar refractivity (Wildman–Crippen MR) is 62.7 cm³/mol. The van der Waals surface area contributed by atoms with Gasteiger partial charge < -0.3 is 4.55 Å². The number of hydrogen-bond acceptors (Lipinski definition) is 3. The zero-order chi connectivity index (χ0) is 14.2. The molecule has 1 aromatic carbocycles. The lowest BCUT2D eigenvalue weighted by atomic mass is 10.4. The van der Waals surface area contributed by atoms with Crippen molar-refractivity contribution in [1.82, 2.24) is 0 Å². The number of alkyl halides is 3. The number of halogens is 5. The normalized spacial score (nSPS) is 10.7. The molecule has 0 amide bonds. The third-order valence-corrected chi connectivity index (χ3v) is 4.96. The van der Waals surface area contributed by atoms with E-state index < -0.39 is 15.6 Å². The second-order valence-corrected chi connectivity index (χ2v) is 6.71. The van der Waals surface area contributed by atoms with Crippen molar-refractivity contribution < 1.29 is 47.3 Å². The molecule has 0 N–H and O–H groups in total. The largest absolute Gasteiger partial charge is 0.741 e. The Balaban J connectivity index is 0.000000331. The maximum atomic E-state index is 10.7. The van der Waals surface area contributed by atoms with Crippen LogP contribution in [-0.4, -0.2) is 18.5 Å². The van der Waals surface area contributed by atoms with Crippen LogP contribution in [0.1, 0.15) is 0 Å². The molecule has 100 valence electrons. The van der Waals surface area contributed by atoms with Gasteiger partial charge in [-0.15, -0.1) is 0 Å². The van der Waals surface area contributed by atoms with Crippen LogP contribution in [0.5, 0.6) is 0 Å². The second kappa shape index (κ2) is 8.18. The molecule has 0 heterocycles. The minimum Gasteiger partial charge on any atom is -0.741 e. The molecule has 0 aliphatic rings. The maximum absolute atomic E-state index is 10.7. The summed E-state index contributed by atoms with van der Waals surface area (Å²) in [5.41, 5.74) is -5.65. The number of benzene rings is 1. The summed E-state index contributed by atoms with van der Waals surface area (Å²) < 4.78 is 66.3. The number of rotatable bonds is 1. The van der Waals surface area contributed by atoms with Gasteiger partial charge in [0.2, 0.25) is 3.57 Å². The Morgan fingerprint density at radius 1 is 1.22 bits per heavy atom. The van der Waals surface area contributed by atoms with Crippen molar-refractivity contribution >= 4 is 32.7 Å². The lowest BCUT2D eigenvalue weighted by Gasteiger charge is -2.08. The standard InChI is InChI=1S/C8H5I2.CHF3O3S/c9-6-7-10-8-4-2-1-3-5-8;2-1(3,4)8(5,6)7/h1-5H;(H,5,6,7)/q+1;/p-1. The molecule has 18 heavy (non-hydrogen) atoms. The van der Waals surface area contributed by atoms with Gasteiger partial charge in [0.05, 0.1) is 0 Å². The van der Waals surface area contributed by atoms with Crippen LogP contribution in [0.3, 0.4) is 0 Å². The molecule has 1 aromatic rings. The van der Waals surface area contributed by atoms with Crippen LogP contribution in [-0.2, 0) is 10.1 Å². The van der Waals surface area contributed by atoms with E-state index in [0.29, 0.717) is 0 Å². The van der Waals surface area contributed by atoms with Crippen molar-refractivity contribution in [2.45, 2.75) is 5.51 Å². The monoisotopic (exact) mass is 504 g/mol. The molecule has 0 bridgehead atoms.